The van der Waals surface area contributed by atoms with Crippen LogP contribution in [0.4, 0.5) is 5.69 Å². The van der Waals surface area contributed by atoms with Gasteiger partial charge in [-0.2, -0.15) is 0 Å². The Labute approximate surface area is 155 Å². The molecule has 0 bridgehead atoms. The highest BCUT2D eigenvalue weighted by molar-refractivity contribution is 8.14. The molecule has 2 aliphatic heterocycles. The third kappa shape index (κ3) is 2.80. The summed E-state index contributed by atoms with van der Waals surface area (Å²) in [6.07, 6.45) is 1.75. The van der Waals surface area contributed by atoms with E-state index in [0.717, 1.165) is 23.0 Å². The number of aliphatic imine (C=N–C) groups is 1. The maximum Gasteiger partial charge on any atom is 0.270 e. The quantitative estimate of drug-likeness (QED) is 0.604. The van der Waals surface area contributed by atoms with E-state index in [9.17, 15) is 10.1 Å². The van der Waals surface area contributed by atoms with Crippen LogP contribution in [0.15, 0.2) is 47.6 Å². The third-order valence-electron chi connectivity index (χ3n) is 4.62. The smallest absolute Gasteiger partial charge is 0.270 e. The number of benzene rings is 1. The molecule has 7 nitrogen and oxygen atoms in total. The number of hydrogen-bond donors (Lipinski definition) is 0. The maximum absolute atomic E-state index is 11.3. The highest BCUT2D eigenvalue weighted by Gasteiger charge is 2.45. The van der Waals surface area contributed by atoms with E-state index >= 15 is 0 Å². The summed E-state index contributed by atoms with van der Waals surface area (Å²) in [5.74, 6) is 0.627. The predicted octanol–water partition coefficient (Wildman–Crippen LogP) is 3.59. The molecule has 3 atom stereocenters. The number of amidine groups is 1. The number of hydrogen-bond acceptors (Lipinski definition) is 7. The second kappa shape index (κ2) is 6.60. The molecule has 1 saturated heterocycles. The fourth-order valence-electron chi connectivity index (χ4n) is 3.52. The number of aromatic nitrogens is 1. The number of non-ortho nitro benzene ring substituents is 1. The summed E-state index contributed by atoms with van der Waals surface area (Å²) in [4.78, 5) is 22.5. The normalized spacial score (nSPS) is 24.3. The van der Waals surface area contributed by atoms with E-state index in [1.165, 1.54) is 6.07 Å². The van der Waals surface area contributed by atoms with Crippen molar-refractivity contribution in [1.82, 2.24) is 9.88 Å². The molecule has 4 rings (SSSR count). The van der Waals surface area contributed by atoms with E-state index in [1.54, 1.807) is 37.2 Å². The van der Waals surface area contributed by atoms with E-state index in [-0.39, 0.29) is 22.7 Å². The van der Waals surface area contributed by atoms with Crippen LogP contribution >= 0.6 is 11.8 Å². The van der Waals surface area contributed by atoms with Gasteiger partial charge >= 0.3 is 0 Å². The molecule has 0 spiro atoms. The monoisotopic (exact) mass is 370 g/mol. The van der Waals surface area contributed by atoms with Gasteiger partial charge < -0.3 is 9.64 Å². The van der Waals surface area contributed by atoms with Crippen molar-refractivity contribution >= 4 is 22.6 Å². The highest BCUT2D eigenvalue weighted by Crippen LogP contribution is 2.50. The van der Waals surface area contributed by atoms with Gasteiger partial charge in [0, 0.05) is 35.7 Å². The molecule has 0 N–H and O–H groups in total. The van der Waals surface area contributed by atoms with E-state index in [4.69, 9.17) is 9.73 Å². The van der Waals surface area contributed by atoms with Crippen molar-refractivity contribution in [2.24, 2.45) is 4.99 Å². The number of fused-ring (bicyclic) bond motifs is 1. The number of methoxy groups -OCH3 is 1. The molecule has 0 radical (unpaired) electrons. The standard InChI is InChI=1S/C18H18N4O3S/c1-11-10-21-17(13-9-12(22(23)24)6-7-15(13)25-2)16(20-18(21)26-11)14-5-3-4-8-19-14/h3-9,11,16-17H,10H2,1-2H3/t11-,16+,17-/m0/s1. The number of pyridine rings is 1. The van der Waals surface area contributed by atoms with Gasteiger partial charge in [0.1, 0.15) is 11.8 Å². The Morgan fingerprint density at radius 2 is 2.19 bits per heavy atom. The van der Waals surface area contributed by atoms with Gasteiger partial charge in [0.25, 0.3) is 5.69 Å². The van der Waals surface area contributed by atoms with Crippen molar-refractivity contribution in [3.63, 3.8) is 0 Å². The summed E-state index contributed by atoms with van der Waals surface area (Å²) < 4.78 is 5.52. The van der Waals surface area contributed by atoms with Crippen LogP contribution in [-0.4, -0.2) is 38.9 Å². The summed E-state index contributed by atoms with van der Waals surface area (Å²) >= 11 is 1.73. The van der Waals surface area contributed by atoms with Crippen molar-refractivity contribution < 1.29 is 9.66 Å². The Hall–Kier alpha value is -2.61. The first kappa shape index (κ1) is 16.8. The fraction of sp³-hybridized carbons (Fsp3) is 0.333. The van der Waals surface area contributed by atoms with Crippen molar-refractivity contribution in [3.8, 4) is 5.75 Å². The minimum absolute atomic E-state index is 0.0499. The molecule has 0 aliphatic carbocycles. The topological polar surface area (TPSA) is 80.9 Å². The van der Waals surface area contributed by atoms with E-state index < -0.39 is 0 Å². The zero-order chi connectivity index (χ0) is 18.3. The molecule has 2 aromatic rings. The number of nitro benzene ring substituents is 1. The SMILES string of the molecule is COc1ccc([N+](=O)[O-])cc1[C@H]1[C@@H](c2ccccn2)N=C2S[C@@H](C)CN21. The minimum Gasteiger partial charge on any atom is -0.496 e. The first-order valence-corrected chi connectivity index (χ1v) is 9.21. The molecule has 26 heavy (non-hydrogen) atoms. The maximum atomic E-state index is 11.3. The molecule has 8 heteroatoms. The Balaban J connectivity index is 1.84. The molecule has 0 unspecified atom stereocenters. The summed E-state index contributed by atoms with van der Waals surface area (Å²) in [5.41, 5.74) is 1.67. The lowest BCUT2D eigenvalue weighted by Crippen LogP contribution is -2.29. The zero-order valence-corrected chi connectivity index (χ0v) is 15.2. The Morgan fingerprint density at radius 3 is 2.88 bits per heavy atom. The van der Waals surface area contributed by atoms with E-state index in [0.29, 0.717) is 11.0 Å². The van der Waals surface area contributed by atoms with Gasteiger partial charge in [-0.15, -0.1) is 0 Å². The summed E-state index contributed by atoms with van der Waals surface area (Å²) in [7, 11) is 1.58. The summed E-state index contributed by atoms with van der Waals surface area (Å²) in [6.45, 7) is 2.99. The summed E-state index contributed by atoms with van der Waals surface area (Å²) in [6, 6.07) is 10.1. The Kier molecular flexibility index (Phi) is 4.28. The number of thioether (sulfide) groups is 1. The number of nitro groups is 1. The average molecular weight is 370 g/mol. The van der Waals surface area contributed by atoms with Gasteiger partial charge in [-0.05, 0) is 18.2 Å². The van der Waals surface area contributed by atoms with Gasteiger partial charge in [0.2, 0.25) is 0 Å². The van der Waals surface area contributed by atoms with E-state index in [1.807, 2.05) is 18.2 Å². The van der Waals surface area contributed by atoms with Crippen LogP contribution in [0.25, 0.3) is 0 Å². The molecular weight excluding hydrogens is 352 g/mol. The first-order chi connectivity index (χ1) is 12.6. The van der Waals surface area contributed by atoms with Gasteiger partial charge in [-0.25, -0.2) is 0 Å². The van der Waals surface area contributed by atoms with Gasteiger partial charge in [0.15, 0.2) is 5.17 Å². The number of nitrogens with zero attached hydrogens (tertiary/aromatic N) is 4. The molecule has 134 valence electrons. The van der Waals surface area contributed by atoms with Crippen molar-refractivity contribution in [2.45, 2.75) is 24.3 Å². The average Bonchev–Trinajstić information content (AvgIpc) is 3.17. The fourth-order valence-corrected chi connectivity index (χ4v) is 4.61. The lowest BCUT2D eigenvalue weighted by molar-refractivity contribution is -0.385. The molecule has 2 aliphatic rings. The van der Waals surface area contributed by atoms with Crippen molar-refractivity contribution in [1.29, 1.82) is 0 Å². The number of ether oxygens (including phenoxy) is 1. The highest BCUT2D eigenvalue weighted by atomic mass is 32.2. The molecule has 1 fully saturated rings. The zero-order valence-electron chi connectivity index (χ0n) is 14.4. The largest absolute Gasteiger partial charge is 0.496 e. The second-order valence-corrected chi connectivity index (χ2v) is 7.73. The van der Waals surface area contributed by atoms with Crippen molar-refractivity contribution in [2.75, 3.05) is 13.7 Å². The molecule has 0 amide bonds. The van der Waals surface area contributed by atoms with Gasteiger partial charge in [0.05, 0.1) is 23.8 Å². The number of rotatable bonds is 4. The molecule has 0 saturated carbocycles. The molecule has 3 heterocycles. The van der Waals surface area contributed by atoms with Crippen LogP contribution in [0.3, 0.4) is 0 Å². The molecule has 1 aromatic carbocycles. The Morgan fingerprint density at radius 1 is 1.35 bits per heavy atom. The Bertz CT molecular complexity index is 874. The summed E-state index contributed by atoms with van der Waals surface area (Å²) in [5, 5.41) is 12.7. The predicted molar refractivity (Wildman–Crippen MR) is 101 cm³/mol. The van der Waals surface area contributed by atoms with E-state index in [2.05, 4.69) is 16.8 Å². The van der Waals surface area contributed by atoms with Gasteiger partial charge in [-0.3, -0.25) is 20.1 Å². The minimum atomic E-state index is -0.378. The van der Waals surface area contributed by atoms with Crippen LogP contribution in [0, 0.1) is 10.1 Å². The lowest BCUT2D eigenvalue weighted by atomic mass is 9.95. The van der Waals surface area contributed by atoms with Crippen LogP contribution in [0.2, 0.25) is 0 Å². The van der Waals surface area contributed by atoms with Crippen LogP contribution in [0.1, 0.15) is 30.3 Å². The first-order valence-electron chi connectivity index (χ1n) is 8.33. The third-order valence-corrected chi connectivity index (χ3v) is 5.73. The molecular formula is C18H18N4O3S. The molecule has 1 aromatic heterocycles. The van der Waals surface area contributed by atoms with Crippen LogP contribution < -0.4 is 4.74 Å². The van der Waals surface area contributed by atoms with Crippen LogP contribution in [-0.2, 0) is 0 Å². The van der Waals surface area contributed by atoms with Gasteiger partial charge in [-0.1, -0.05) is 24.8 Å². The van der Waals surface area contributed by atoms with Crippen LogP contribution in [0.5, 0.6) is 5.75 Å². The van der Waals surface area contributed by atoms with Crippen molar-refractivity contribution in [3.05, 3.63) is 64.0 Å². The lowest BCUT2D eigenvalue weighted by Gasteiger charge is -2.28. The second-order valence-electron chi connectivity index (χ2n) is 6.32.